The number of carbonyl (C=O) groups excluding carboxylic acids is 1. The predicted molar refractivity (Wildman–Crippen MR) is 52.9 cm³/mol. The fourth-order valence-corrected chi connectivity index (χ4v) is 0.826. The van der Waals surface area contributed by atoms with Gasteiger partial charge in [0.25, 0.3) is 5.91 Å². The Morgan fingerprint density at radius 2 is 2.00 bits per heavy atom. The van der Waals surface area contributed by atoms with Gasteiger partial charge in [0.1, 0.15) is 5.76 Å². The van der Waals surface area contributed by atoms with Gasteiger partial charge in [-0.05, 0) is 6.08 Å². The third-order valence-electron chi connectivity index (χ3n) is 1.36. The van der Waals surface area contributed by atoms with E-state index in [4.69, 9.17) is 4.74 Å². The first-order valence-corrected chi connectivity index (χ1v) is 4.19. The van der Waals surface area contributed by atoms with Gasteiger partial charge in [-0.2, -0.15) is 0 Å². The normalized spacial score (nSPS) is 14.8. The van der Waals surface area contributed by atoms with Crippen LogP contribution in [0.25, 0.3) is 0 Å². The molecule has 3 nitrogen and oxygen atoms in total. The van der Waals surface area contributed by atoms with E-state index in [1.807, 2.05) is 13.8 Å². The van der Waals surface area contributed by atoms with Gasteiger partial charge in [0, 0.05) is 0 Å². The van der Waals surface area contributed by atoms with Crippen LogP contribution in [0.3, 0.4) is 0 Å². The molecule has 0 aromatic carbocycles. The van der Waals surface area contributed by atoms with Crippen LogP contribution in [0.1, 0.15) is 13.8 Å². The van der Waals surface area contributed by atoms with Crippen molar-refractivity contribution < 1.29 is 9.53 Å². The van der Waals surface area contributed by atoms with Crippen LogP contribution >= 0.6 is 0 Å². The Labute approximate surface area is 78.8 Å². The Bertz CT molecular complexity index is 241. The molecule has 0 aliphatic carbocycles. The van der Waals surface area contributed by atoms with Gasteiger partial charge in [-0.15, -0.1) is 0 Å². The van der Waals surface area contributed by atoms with E-state index in [9.17, 15) is 4.79 Å². The van der Waals surface area contributed by atoms with E-state index >= 15 is 0 Å². The zero-order chi connectivity index (χ0) is 10.3. The van der Waals surface area contributed by atoms with Crippen molar-refractivity contribution in [3.63, 3.8) is 0 Å². The van der Waals surface area contributed by atoms with E-state index in [0.717, 1.165) is 0 Å². The second-order valence-electron chi connectivity index (χ2n) is 1.98. The van der Waals surface area contributed by atoms with Gasteiger partial charge in [0.15, 0.2) is 6.73 Å². The van der Waals surface area contributed by atoms with Crippen molar-refractivity contribution in [2.45, 2.75) is 13.8 Å². The van der Waals surface area contributed by atoms with Crippen LogP contribution < -0.4 is 5.32 Å². The number of nitrogens with one attached hydrogen (secondary N) is 1. The van der Waals surface area contributed by atoms with Gasteiger partial charge in [-0.1, -0.05) is 33.1 Å². The van der Waals surface area contributed by atoms with Crippen LogP contribution in [0.2, 0.25) is 0 Å². The highest BCUT2D eigenvalue weighted by Gasteiger charge is 2.15. The van der Waals surface area contributed by atoms with Crippen LogP contribution in [-0.4, -0.2) is 12.6 Å². The Kier molecular flexibility index (Phi) is 5.35. The molecule has 0 saturated carbocycles. The Hall–Kier alpha value is -1.51. The molecule has 0 saturated heterocycles. The summed E-state index contributed by atoms with van der Waals surface area (Å²) in [6.07, 6.45) is 2.95. The van der Waals surface area contributed by atoms with Crippen molar-refractivity contribution in [3.05, 3.63) is 36.6 Å². The van der Waals surface area contributed by atoms with Crippen molar-refractivity contribution in [1.29, 1.82) is 0 Å². The average molecular weight is 181 g/mol. The second kappa shape index (κ2) is 6.06. The maximum atomic E-state index is 11.0. The van der Waals surface area contributed by atoms with Gasteiger partial charge in [-0.25, -0.2) is 0 Å². The number of hydrogen-bond donors (Lipinski definition) is 1. The predicted octanol–water partition coefficient (Wildman–Crippen LogP) is 1.74. The summed E-state index contributed by atoms with van der Waals surface area (Å²) in [5.41, 5.74) is 0.436. The molecule has 1 amide bonds. The minimum absolute atomic E-state index is 0.166. The van der Waals surface area contributed by atoms with Crippen molar-refractivity contribution in [1.82, 2.24) is 5.32 Å². The SMILES string of the molecule is C=CC1=C(C=C)C(=O)NCO1.CC. The Morgan fingerprint density at radius 3 is 2.38 bits per heavy atom. The van der Waals surface area contributed by atoms with Crippen molar-refractivity contribution >= 4 is 5.91 Å². The number of carbonyl (C=O) groups is 1. The van der Waals surface area contributed by atoms with Gasteiger partial charge >= 0.3 is 0 Å². The molecule has 72 valence electrons. The molecule has 13 heavy (non-hydrogen) atoms. The lowest BCUT2D eigenvalue weighted by Crippen LogP contribution is -2.32. The van der Waals surface area contributed by atoms with Gasteiger partial charge in [-0.3, -0.25) is 4.79 Å². The topological polar surface area (TPSA) is 38.3 Å². The summed E-state index contributed by atoms with van der Waals surface area (Å²) in [5, 5.41) is 2.51. The maximum Gasteiger partial charge on any atom is 0.257 e. The van der Waals surface area contributed by atoms with Crippen molar-refractivity contribution in [2.24, 2.45) is 0 Å². The summed E-state index contributed by atoms with van der Waals surface area (Å²) in [4.78, 5) is 11.0. The zero-order valence-electron chi connectivity index (χ0n) is 8.09. The summed E-state index contributed by atoms with van der Waals surface area (Å²) < 4.78 is 5.06. The molecule has 0 spiro atoms. The third kappa shape index (κ3) is 2.78. The minimum atomic E-state index is -0.166. The van der Waals surface area contributed by atoms with Crippen molar-refractivity contribution in [3.8, 4) is 0 Å². The molecule has 0 atom stereocenters. The molecule has 0 radical (unpaired) electrons. The molecule has 1 aliphatic heterocycles. The second-order valence-corrected chi connectivity index (χ2v) is 1.98. The highest BCUT2D eigenvalue weighted by atomic mass is 16.5. The average Bonchev–Trinajstić information content (AvgIpc) is 2.20. The lowest BCUT2D eigenvalue weighted by atomic mass is 10.2. The van der Waals surface area contributed by atoms with Crippen LogP contribution in [0.5, 0.6) is 0 Å². The first-order chi connectivity index (χ1) is 6.29. The standard InChI is InChI=1S/C8H9NO2.C2H6/c1-3-6-7(4-2)11-5-9-8(6)10;1-2/h3-4H,1-2,5H2,(H,9,10);1-2H3. The zero-order valence-corrected chi connectivity index (χ0v) is 8.09. The van der Waals surface area contributed by atoms with Crippen LogP contribution in [0, 0.1) is 0 Å². The molecule has 1 rings (SSSR count). The summed E-state index contributed by atoms with van der Waals surface area (Å²) >= 11 is 0. The molecule has 0 unspecified atom stereocenters. The number of hydrogen-bond acceptors (Lipinski definition) is 2. The van der Waals surface area contributed by atoms with Crippen LogP contribution in [0.4, 0.5) is 0 Å². The van der Waals surface area contributed by atoms with E-state index in [2.05, 4.69) is 18.5 Å². The molecule has 0 aromatic heterocycles. The molecule has 1 aliphatic rings. The minimum Gasteiger partial charge on any atom is -0.472 e. The van der Waals surface area contributed by atoms with Gasteiger partial charge in [0.2, 0.25) is 0 Å². The van der Waals surface area contributed by atoms with E-state index in [-0.39, 0.29) is 12.6 Å². The molecule has 1 N–H and O–H groups in total. The number of amides is 1. The van der Waals surface area contributed by atoms with Gasteiger partial charge < -0.3 is 10.1 Å². The first kappa shape index (κ1) is 11.5. The highest BCUT2D eigenvalue weighted by molar-refractivity contribution is 5.97. The van der Waals surface area contributed by atoms with Gasteiger partial charge in [0.05, 0.1) is 5.57 Å². The number of allylic oxidation sites excluding steroid dienone is 1. The molecule has 1 heterocycles. The quantitative estimate of drug-likeness (QED) is 0.704. The molecule has 0 bridgehead atoms. The fraction of sp³-hybridized carbons (Fsp3) is 0.300. The smallest absolute Gasteiger partial charge is 0.257 e. The summed E-state index contributed by atoms with van der Waals surface area (Å²) in [5.74, 6) is 0.324. The third-order valence-corrected chi connectivity index (χ3v) is 1.36. The first-order valence-electron chi connectivity index (χ1n) is 4.19. The summed E-state index contributed by atoms with van der Waals surface area (Å²) in [7, 11) is 0. The van der Waals surface area contributed by atoms with Crippen molar-refractivity contribution in [2.75, 3.05) is 6.73 Å². The van der Waals surface area contributed by atoms with E-state index in [1.54, 1.807) is 0 Å². The van der Waals surface area contributed by atoms with E-state index in [0.29, 0.717) is 11.3 Å². The maximum absolute atomic E-state index is 11.0. The number of ether oxygens (including phenoxy) is 1. The largest absolute Gasteiger partial charge is 0.472 e. The monoisotopic (exact) mass is 181 g/mol. The lowest BCUT2D eigenvalue weighted by Gasteiger charge is -2.16. The van der Waals surface area contributed by atoms with E-state index < -0.39 is 0 Å². The Balaban J connectivity index is 0.000000671. The highest BCUT2D eigenvalue weighted by Crippen LogP contribution is 2.11. The van der Waals surface area contributed by atoms with Crippen LogP contribution in [-0.2, 0) is 9.53 Å². The Morgan fingerprint density at radius 1 is 1.38 bits per heavy atom. The van der Waals surface area contributed by atoms with E-state index in [1.165, 1.54) is 12.2 Å². The lowest BCUT2D eigenvalue weighted by molar-refractivity contribution is -0.119. The molecule has 3 heteroatoms. The summed E-state index contributed by atoms with van der Waals surface area (Å²) in [6, 6.07) is 0. The molecule has 0 aromatic rings. The summed E-state index contributed by atoms with van der Waals surface area (Å²) in [6.45, 7) is 11.2. The van der Waals surface area contributed by atoms with Crippen LogP contribution in [0.15, 0.2) is 36.6 Å². The molecular formula is C10H15NO2. The number of rotatable bonds is 2. The molecular weight excluding hydrogens is 166 g/mol. The molecule has 0 fully saturated rings. The fourth-order valence-electron chi connectivity index (χ4n) is 0.826.